The van der Waals surface area contributed by atoms with Crippen LogP contribution in [0.15, 0.2) is 47.1 Å². The molecule has 27 heavy (non-hydrogen) atoms. The molecule has 1 heterocycles. The van der Waals surface area contributed by atoms with Crippen LogP contribution in [0.1, 0.15) is 11.1 Å². The lowest BCUT2D eigenvalue weighted by Gasteiger charge is -2.08. The van der Waals surface area contributed by atoms with Gasteiger partial charge in [0.15, 0.2) is 6.61 Å². The first kappa shape index (κ1) is 18.8. The smallest absolute Gasteiger partial charge is 0.310 e. The Labute approximate surface area is 161 Å². The average molecular weight is 388 g/mol. The number of rotatable bonds is 6. The Morgan fingerprint density at radius 2 is 2.00 bits per heavy atom. The largest absolute Gasteiger partial charge is 0.495 e. The average Bonchev–Trinajstić information content (AvgIpc) is 3.02. The van der Waals surface area contributed by atoms with Gasteiger partial charge in [0.2, 0.25) is 0 Å². The molecule has 140 valence electrons. The maximum Gasteiger partial charge on any atom is 0.310 e. The highest BCUT2D eigenvalue weighted by atomic mass is 35.5. The molecule has 0 saturated carbocycles. The second-order valence-electron chi connectivity index (χ2n) is 6.00. The molecule has 1 aromatic heterocycles. The summed E-state index contributed by atoms with van der Waals surface area (Å²) >= 11 is 6.01. The van der Waals surface area contributed by atoms with E-state index in [-0.39, 0.29) is 6.42 Å². The number of carbonyl (C=O) groups excluding carboxylic acids is 2. The third kappa shape index (κ3) is 4.60. The number of nitrogens with one attached hydrogen (secondary N) is 1. The number of hydrogen-bond acceptors (Lipinski definition) is 5. The van der Waals surface area contributed by atoms with E-state index >= 15 is 0 Å². The maximum atomic E-state index is 12.0. The molecular weight excluding hydrogens is 370 g/mol. The van der Waals surface area contributed by atoms with Gasteiger partial charge >= 0.3 is 5.97 Å². The number of hydrogen-bond donors (Lipinski definition) is 1. The lowest BCUT2D eigenvalue weighted by molar-refractivity contribution is -0.146. The van der Waals surface area contributed by atoms with Gasteiger partial charge in [-0.1, -0.05) is 23.7 Å². The van der Waals surface area contributed by atoms with Gasteiger partial charge in [0.1, 0.15) is 11.3 Å². The van der Waals surface area contributed by atoms with E-state index in [1.807, 2.05) is 25.1 Å². The van der Waals surface area contributed by atoms with Crippen LogP contribution in [0, 0.1) is 6.92 Å². The van der Waals surface area contributed by atoms with E-state index in [0.29, 0.717) is 22.0 Å². The number of amides is 1. The standard InChI is InChI=1S/C20H18ClNO5/c1-12-3-5-15-13(10-26-18(15)7-12)8-20(24)27-11-19(23)22-14-4-6-17(25-2)16(21)9-14/h3-7,9-10H,8,11H2,1-2H3,(H,22,23). The van der Waals surface area contributed by atoms with Crippen molar-refractivity contribution < 1.29 is 23.5 Å². The van der Waals surface area contributed by atoms with Crippen LogP contribution in [0.3, 0.4) is 0 Å². The van der Waals surface area contributed by atoms with Crippen LogP contribution >= 0.6 is 11.6 Å². The van der Waals surface area contributed by atoms with Crippen molar-refractivity contribution in [3.05, 3.63) is 58.8 Å². The van der Waals surface area contributed by atoms with E-state index in [9.17, 15) is 9.59 Å². The number of carbonyl (C=O) groups is 2. The number of halogens is 1. The molecule has 3 rings (SSSR count). The van der Waals surface area contributed by atoms with Crippen molar-refractivity contribution >= 4 is 40.1 Å². The molecular formula is C20H18ClNO5. The van der Waals surface area contributed by atoms with Gasteiger partial charge in [-0.2, -0.15) is 0 Å². The molecule has 0 spiro atoms. The van der Waals surface area contributed by atoms with Gasteiger partial charge in [-0.3, -0.25) is 9.59 Å². The summed E-state index contributed by atoms with van der Waals surface area (Å²) in [4.78, 5) is 24.0. The molecule has 3 aromatic rings. The summed E-state index contributed by atoms with van der Waals surface area (Å²) in [6.07, 6.45) is 1.56. The Bertz CT molecular complexity index is 995. The quantitative estimate of drug-likeness (QED) is 0.643. The van der Waals surface area contributed by atoms with Crippen LogP contribution in [-0.2, 0) is 20.7 Å². The number of methoxy groups -OCH3 is 1. The first-order chi connectivity index (χ1) is 13.0. The van der Waals surface area contributed by atoms with Crippen molar-refractivity contribution in [1.82, 2.24) is 0 Å². The SMILES string of the molecule is COc1ccc(NC(=O)COC(=O)Cc2coc3cc(C)ccc23)cc1Cl. The molecule has 0 unspecified atom stereocenters. The minimum Gasteiger partial charge on any atom is -0.495 e. The monoisotopic (exact) mass is 387 g/mol. The first-order valence-corrected chi connectivity index (χ1v) is 8.60. The first-order valence-electron chi connectivity index (χ1n) is 8.22. The van der Waals surface area contributed by atoms with E-state index in [0.717, 1.165) is 16.5 Å². The summed E-state index contributed by atoms with van der Waals surface area (Å²) in [5.74, 6) is -0.470. The molecule has 0 radical (unpaired) electrons. The Balaban J connectivity index is 1.54. The molecule has 0 atom stereocenters. The van der Waals surface area contributed by atoms with E-state index < -0.39 is 18.5 Å². The van der Waals surface area contributed by atoms with Gasteiger partial charge in [0.05, 0.1) is 24.8 Å². The molecule has 0 bridgehead atoms. The van der Waals surface area contributed by atoms with Crippen LogP contribution in [0.5, 0.6) is 5.75 Å². The van der Waals surface area contributed by atoms with Crippen molar-refractivity contribution in [3.63, 3.8) is 0 Å². The Kier molecular flexibility index (Phi) is 5.66. The van der Waals surface area contributed by atoms with Gasteiger partial charge in [-0.25, -0.2) is 0 Å². The lowest BCUT2D eigenvalue weighted by atomic mass is 10.1. The highest BCUT2D eigenvalue weighted by Crippen LogP contribution is 2.27. The number of esters is 1. The van der Waals surface area contributed by atoms with Crippen molar-refractivity contribution in [2.45, 2.75) is 13.3 Å². The predicted molar refractivity (Wildman–Crippen MR) is 102 cm³/mol. The van der Waals surface area contributed by atoms with Gasteiger partial charge in [0, 0.05) is 16.6 Å². The van der Waals surface area contributed by atoms with E-state index in [1.54, 1.807) is 18.2 Å². The van der Waals surface area contributed by atoms with Crippen molar-refractivity contribution in [2.75, 3.05) is 19.0 Å². The summed E-state index contributed by atoms with van der Waals surface area (Å²) in [5.41, 5.74) is 2.99. The van der Waals surface area contributed by atoms with Gasteiger partial charge in [-0.05, 0) is 36.8 Å². The topological polar surface area (TPSA) is 77.8 Å². The summed E-state index contributed by atoms with van der Waals surface area (Å²) < 4.78 is 15.6. The normalized spacial score (nSPS) is 10.6. The van der Waals surface area contributed by atoms with Crippen molar-refractivity contribution in [3.8, 4) is 5.75 Å². The van der Waals surface area contributed by atoms with Crippen LogP contribution in [-0.4, -0.2) is 25.6 Å². The van der Waals surface area contributed by atoms with Gasteiger partial charge < -0.3 is 19.2 Å². The lowest BCUT2D eigenvalue weighted by Crippen LogP contribution is -2.21. The summed E-state index contributed by atoms with van der Waals surface area (Å²) in [7, 11) is 1.50. The molecule has 0 aliphatic heterocycles. The fourth-order valence-corrected chi connectivity index (χ4v) is 2.88. The van der Waals surface area contributed by atoms with Crippen LogP contribution in [0.2, 0.25) is 5.02 Å². The molecule has 0 aliphatic rings. The minimum absolute atomic E-state index is 0.0255. The molecule has 0 saturated heterocycles. The number of benzene rings is 2. The zero-order chi connectivity index (χ0) is 19.4. The third-order valence-electron chi connectivity index (χ3n) is 3.95. The zero-order valence-corrected chi connectivity index (χ0v) is 15.6. The highest BCUT2D eigenvalue weighted by Gasteiger charge is 2.13. The summed E-state index contributed by atoms with van der Waals surface area (Å²) in [6.45, 7) is 1.57. The fourth-order valence-electron chi connectivity index (χ4n) is 2.62. The molecule has 0 fully saturated rings. The molecule has 1 amide bonds. The fraction of sp³-hybridized carbons (Fsp3) is 0.200. The van der Waals surface area contributed by atoms with Crippen molar-refractivity contribution in [2.24, 2.45) is 0 Å². The third-order valence-corrected chi connectivity index (χ3v) is 4.24. The van der Waals surface area contributed by atoms with Crippen LogP contribution in [0.25, 0.3) is 11.0 Å². The van der Waals surface area contributed by atoms with E-state index in [2.05, 4.69) is 5.32 Å². The molecule has 0 aliphatic carbocycles. The van der Waals surface area contributed by atoms with Gasteiger partial charge in [0.25, 0.3) is 5.91 Å². The van der Waals surface area contributed by atoms with Crippen molar-refractivity contribution in [1.29, 1.82) is 0 Å². The molecule has 1 N–H and O–H groups in total. The van der Waals surface area contributed by atoms with Gasteiger partial charge in [-0.15, -0.1) is 0 Å². The Morgan fingerprint density at radius 3 is 2.74 bits per heavy atom. The van der Waals surface area contributed by atoms with Crippen LogP contribution < -0.4 is 10.1 Å². The number of ether oxygens (including phenoxy) is 2. The number of furan rings is 1. The summed E-state index contributed by atoms with van der Waals surface area (Å²) in [6, 6.07) is 10.6. The van der Waals surface area contributed by atoms with Crippen LogP contribution in [0.4, 0.5) is 5.69 Å². The molecule has 7 heteroatoms. The summed E-state index contributed by atoms with van der Waals surface area (Å²) in [5, 5.41) is 3.84. The Hall–Kier alpha value is -2.99. The van der Waals surface area contributed by atoms with E-state index in [1.165, 1.54) is 13.4 Å². The number of anilines is 1. The number of fused-ring (bicyclic) bond motifs is 1. The minimum atomic E-state index is -0.513. The maximum absolute atomic E-state index is 12.0. The second kappa shape index (κ2) is 8.14. The molecule has 2 aromatic carbocycles. The number of aryl methyl sites for hydroxylation is 1. The predicted octanol–water partition coefficient (Wildman–Crippen LogP) is 4.13. The second-order valence-corrected chi connectivity index (χ2v) is 6.40. The Morgan fingerprint density at radius 1 is 1.19 bits per heavy atom. The molecule has 6 nitrogen and oxygen atoms in total. The highest BCUT2D eigenvalue weighted by molar-refractivity contribution is 6.32. The van der Waals surface area contributed by atoms with E-state index in [4.69, 9.17) is 25.5 Å². The zero-order valence-electron chi connectivity index (χ0n) is 14.9.